The summed E-state index contributed by atoms with van der Waals surface area (Å²) in [6, 6.07) is 16.3. The number of alkyl carbamates (subject to hydrolysis) is 1. The van der Waals surface area contributed by atoms with Gasteiger partial charge >= 0.3 is 6.09 Å². The van der Waals surface area contributed by atoms with E-state index in [1.54, 1.807) is 41.5 Å². The second kappa shape index (κ2) is 14.3. The van der Waals surface area contributed by atoms with E-state index < -0.39 is 79.7 Å². The van der Waals surface area contributed by atoms with E-state index in [1.165, 1.54) is 15.8 Å². The minimum atomic E-state index is -3.91. The topological polar surface area (TPSA) is 182 Å². The van der Waals surface area contributed by atoms with Crippen molar-refractivity contribution in [3.63, 3.8) is 0 Å². The van der Waals surface area contributed by atoms with Crippen LogP contribution in [0.4, 0.5) is 4.79 Å². The third-order valence-electron chi connectivity index (χ3n) is 9.94. The highest BCUT2D eigenvalue weighted by molar-refractivity contribution is 7.91. The van der Waals surface area contributed by atoms with Crippen LogP contribution in [0, 0.1) is 11.3 Å². The van der Waals surface area contributed by atoms with Crippen molar-refractivity contribution in [2.24, 2.45) is 11.3 Å². The summed E-state index contributed by atoms with van der Waals surface area (Å²) in [5.41, 5.74) is -0.316. The molecule has 3 N–H and O–H groups in total. The van der Waals surface area contributed by atoms with Crippen LogP contribution in [0.3, 0.4) is 0 Å². The first-order chi connectivity index (χ1) is 25.3. The number of carbonyl (C=O) groups excluding carboxylic acids is 4. The number of sulfonamides is 1. The molecule has 54 heavy (non-hydrogen) atoms. The number of rotatable bonds is 11. The summed E-state index contributed by atoms with van der Waals surface area (Å²) >= 11 is 0. The van der Waals surface area contributed by atoms with E-state index in [4.69, 9.17) is 14.9 Å². The van der Waals surface area contributed by atoms with Gasteiger partial charge < -0.3 is 20.3 Å². The van der Waals surface area contributed by atoms with E-state index in [0.717, 1.165) is 11.1 Å². The number of hydrogen-bond acceptors (Lipinski definition) is 9. The molecule has 2 aliphatic carbocycles. The van der Waals surface area contributed by atoms with E-state index >= 15 is 0 Å². The van der Waals surface area contributed by atoms with Gasteiger partial charge in [0.05, 0.1) is 11.3 Å². The smallest absolute Gasteiger partial charge is 0.408 e. The van der Waals surface area contributed by atoms with Crippen LogP contribution in [0.25, 0.3) is 22.5 Å². The Kier molecular flexibility index (Phi) is 10.2. The van der Waals surface area contributed by atoms with Crippen molar-refractivity contribution in [3.05, 3.63) is 73.3 Å². The Morgan fingerprint density at radius 2 is 1.48 bits per heavy atom. The Balaban J connectivity index is 1.36. The zero-order valence-corrected chi connectivity index (χ0v) is 32.4. The van der Waals surface area contributed by atoms with Crippen molar-refractivity contribution in [3.8, 4) is 22.5 Å². The first-order valence-electron chi connectivity index (χ1n) is 18.2. The SMILES string of the molecule is C=C[C@@H]1C[C@@]1(NC(=O)[C@@H]1C[C@@H](n2nc(-c3ccccc3)c(-c3ccccc3)n2)CN1C(=O)[C@H](NC(=O)OC(C)(C)C)C(C)(C)C)C(=O)NS(=O)(=O)C1CC1. The van der Waals surface area contributed by atoms with Crippen LogP contribution in [0.5, 0.6) is 0 Å². The number of benzene rings is 2. The molecule has 1 saturated heterocycles. The predicted octanol–water partition coefficient (Wildman–Crippen LogP) is 4.36. The molecule has 1 aliphatic heterocycles. The summed E-state index contributed by atoms with van der Waals surface area (Å²) in [4.78, 5) is 58.6. The molecule has 3 aromatic rings. The number of ether oxygens (including phenoxy) is 1. The lowest BCUT2D eigenvalue weighted by molar-refractivity contribution is -0.143. The number of carbonyl (C=O) groups is 4. The van der Waals surface area contributed by atoms with Crippen LogP contribution < -0.4 is 15.4 Å². The maximum atomic E-state index is 14.7. The van der Waals surface area contributed by atoms with Gasteiger partial charge in [0.25, 0.3) is 5.91 Å². The molecule has 14 nitrogen and oxygen atoms in total. The van der Waals surface area contributed by atoms with Crippen molar-refractivity contribution in [2.45, 2.75) is 102 Å². The van der Waals surface area contributed by atoms with Crippen LogP contribution in [0.15, 0.2) is 73.3 Å². The molecule has 288 valence electrons. The summed E-state index contributed by atoms with van der Waals surface area (Å²) in [6.07, 6.45) is 1.84. The Hall–Kier alpha value is -5.05. The van der Waals surface area contributed by atoms with Crippen LogP contribution >= 0.6 is 0 Å². The maximum absolute atomic E-state index is 14.7. The van der Waals surface area contributed by atoms with Gasteiger partial charge in [0.1, 0.15) is 34.6 Å². The summed E-state index contributed by atoms with van der Waals surface area (Å²) in [5, 5.41) is 14.7. The Bertz CT molecular complexity index is 1980. The van der Waals surface area contributed by atoms with E-state index in [2.05, 4.69) is 21.9 Å². The molecule has 2 aromatic carbocycles. The van der Waals surface area contributed by atoms with E-state index in [0.29, 0.717) is 24.2 Å². The molecular weight excluding hydrogens is 711 g/mol. The van der Waals surface area contributed by atoms with E-state index in [9.17, 15) is 27.6 Å². The molecule has 6 rings (SSSR count). The first kappa shape index (κ1) is 38.7. The van der Waals surface area contributed by atoms with Gasteiger partial charge in [-0.2, -0.15) is 15.0 Å². The molecule has 2 heterocycles. The van der Waals surface area contributed by atoms with E-state index in [-0.39, 0.29) is 19.4 Å². The van der Waals surface area contributed by atoms with Crippen molar-refractivity contribution < 1.29 is 32.3 Å². The largest absolute Gasteiger partial charge is 0.444 e. The summed E-state index contributed by atoms with van der Waals surface area (Å²) in [5.74, 6) is -2.56. The molecule has 15 heteroatoms. The fraction of sp³-hybridized carbons (Fsp3) is 0.487. The minimum Gasteiger partial charge on any atom is -0.444 e. The molecule has 1 aromatic heterocycles. The summed E-state index contributed by atoms with van der Waals surface area (Å²) in [7, 11) is -3.91. The Morgan fingerprint density at radius 3 is 1.94 bits per heavy atom. The molecule has 4 amide bonds. The van der Waals surface area contributed by atoms with Gasteiger partial charge in [0, 0.05) is 30.0 Å². The third kappa shape index (κ3) is 8.20. The lowest BCUT2D eigenvalue weighted by Gasteiger charge is -2.36. The number of amides is 4. The average Bonchev–Trinajstić information content (AvgIpc) is 3.99. The van der Waals surface area contributed by atoms with Crippen LogP contribution in [0.1, 0.15) is 73.3 Å². The number of likely N-dealkylation sites (tertiary alicyclic amines) is 1. The highest BCUT2D eigenvalue weighted by Crippen LogP contribution is 2.46. The molecule has 2 saturated carbocycles. The fourth-order valence-electron chi connectivity index (χ4n) is 6.80. The molecule has 0 spiro atoms. The number of nitrogens with one attached hydrogen (secondary N) is 3. The van der Waals surface area contributed by atoms with Gasteiger partial charge in [-0.15, -0.1) is 6.58 Å². The zero-order chi connectivity index (χ0) is 39.2. The maximum Gasteiger partial charge on any atom is 0.408 e. The third-order valence-corrected chi connectivity index (χ3v) is 11.8. The molecule has 3 aliphatic rings. The van der Waals surface area contributed by atoms with Gasteiger partial charge in [-0.25, -0.2) is 13.2 Å². The van der Waals surface area contributed by atoms with Gasteiger partial charge in [-0.1, -0.05) is 87.5 Å². The van der Waals surface area contributed by atoms with Gasteiger partial charge in [-0.3, -0.25) is 19.1 Å². The Labute approximate surface area is 316 Å². The predicted molar refractivity (Wildman–Crippen MR) is 202 cm³/mol. The number of nitrogens with zero attached hydrogens (tertiary/aromatic N) is 4. The van der Waals surface area contributed by atoms with Gasteiger partial charge in [0.15, 0.2) is 0 Å². The second-order valence-corrected chi connectivity index (χ2v) is 18.4. The molecule has 5 atom stereocenters. The van der Waals surface area contributed by atoms with Crippen molar-refractivity contribution >= 4 is 33.8 Å². The van der Waals surface area contributed by atoms with Crippen molar-refractivity contribution in [2.75, 3.05) is 6.54 Å². The van der Waals surface area contributed by atoms with Crippen LogP contribution in [-0.4, -0.2) is 87.1 Å². The second-order valence-electron chi connectivity index (χ2n) is 16.5. The highest BCUT2D eigenvalue weighted by Gasteiger charge is 2.62. The first-order valence-corrected chi connectivity index (χ1v) is 19.8. The lowest BCUT2D eigenvalue weighted by Crippen LogP contribution is -2.60. The molecule has 0 bridgehead atoms. The van der Waals surface area contributed by atoms with Crippen molar-refractivity contribution in [1.82, 2.24) is 35.2 Å². The standard InChI is InChI=1S/C39H49N7O7S/c1-8-26-22-39(26,35(49)44-54(51,52)28-19-20-28)41-33(47)29-21-27(23-45(29)34(48)32(37(2,3)4)40-36(50)53-38(5,6)7)46-42-30(24-15-11-9-12-16-24)31(43-46)25-17-13-10-14-18-25/h8-18,26-29,32H,1,19-23H2,2-7H3,(H,40,50)(H,41,47)(H,44,49)/t26-,27-,29+,32+,39+/m1/s1. The van der Waals surface area contributed by atoms with Gasteiger partial charge in [-0.05, 0) is 45.4 Å². The van der Waals surface area contributed by atoms with E-state index in [1.807, 2.05) is 60.7 Å². The fourth-order valence-corrected chi connectivity index (χ4v) is 8.16. The highest BCUT2D eigenvalue weighted by atomic mass is 32.2. The zero-order valence-electron chi connectivity index (χ0n) is 31.5. The summed E-state index contributed by atoms with van der Waals surface area (Å²) in [6.45, 7) is 14.3. The Morgan fingerprint density at radius 1 is 0.926 bits per heavy atom. The quantitative estimate of drug-likeness (QED) is 0.239. The summed E-state index contributed by atoms with van der Waals surface area (Å²) < 4.78 is 33.2. The normalized spacial score (nSPS) is 23.2. The lowest BCUT2D eigenvalue weighted by atomic mass is 9.85. The van der Waals surface area contributed by atoms with Crippen LogP contribution in [-0.2, 0) is 29.1 Å². The number of hydrogen-bond donors (Lipinski definition) is 3. The monoisotopic (exact) mass is 759 g/mol. The number of aromatic nitrogens is 3. The molecular formula is C39H49N7O7S. The minimum absolute atomic E-state index is 0.00319. The molecule has 0 radical (unpaired) electrons. The van der Waals surface area contributed by atoms with Crippen LogP contribution in [0.2, 0.25) is 0 Å². The molecule has 0 unspecified atom stereocenters. The van der Waals surface area contributed by atoms with Crippen molar-refractivity contribution in [1.29, 1.82) is 0 Å². The van der Waals surface area contributed by atoms with Gasteiger partial charge in [0.2, 0.25) is 21.8 Å². The average molecular weight is 760 g/mol. The molecule has 3 fully saturated rings.